The van der Waals surface area contributed by atoms with Crippen molar-refractivity contribution in [1.82, 2.24) is 0 Å². The van der Waals surface area contributed by atoms with Gasteiger partial charge in [-0.1, -0.05) is 47.5 Å². The van der Waals surface area contributed by atoms with Crippen LogP contribution in [0.4, 0.5) is 5.69 Å². The van der Waals surface area contributed by atoms with Gasteiger partial charge in [0.15, 0.2) is 9.84 Å². The van der Waals surface area contributed by atoms with Crippen LogP contribution in [0.15, 0.2) is 82.8 Å². The topological polar surface area (TPSA) is 49.7 Å². The van der Waals surface area contributed by atoms with Gasteiger partial charge >= 0.3 is 0 Å². The molecule has 3 aromatic carbocycles. The van der Waals surface area contributed by atoms with Gasteiger partial charge in [0.05, 0.1) is 22.3 Å². The number of halogens is 2. The molecule has 3 aromatic rings. The molecule has 1 aliphatic heterocycles. The second kappa shape index (κ2) is 7.82. The molecule has 0 aliphatic carbocycles. The Kier molecular flexibility index (Phi) is 5.38. The Bertz CT molecular complexity index is 1160. The predicted octanol–water partition coefficient (Wildman–Crippen LogP) is 5.75. The quantitative estimate of drug-likeness (QED) is 0.514. The number of benzene rings is 3. The Morgan fingerprint density at radius 1 is 0.862 bits per heavy atom. The van der Waals surface area contributed by atoms with E-state index in [-0.39, 0.29) is 10.9 Å². The summed E-state index contributed by atoms with van der Waals surface area (Å²) >= 11 is 12.1. The van der Waals surface area contributed by atoms with E-state index < -0.39 is 9.84 Å². The number of hydrogen-bond acceptors (Lipinski definition) is 4. The maximum absolute atomic E-state index is 11.8. The van der Waals surface area contributed by atoms with E-state index in [9.17, 15) is 8.42 Å². The third kappa shape index (κ3) is 4.32. The standard InChI is InChI=1S/C22H18Cl2N2O2S/c1-29(27,28)20-12-10-19(11-13-20)26-22(16-4-8-18(24)9-5-16)14-21(25-26)15-2-6-17(23)7-3-15/h2-13,22H,14H2,1H3. The van der Waals surface area contributed by atoms with Crippen molar-refractivity contribution in [2.24, 2.45) is 5.10 Å². The van der Waals surface area contributed by atoms with Gasteiger partial charge in [0.1, 0.15) is 0 Å². The number of anilines is 1. The van der Waals surface area contributed by atoms with Gasteiger partial charge in [-0.05, 0) is 59.7 Å². The molecule has 1 atom stereocenters. The molecule has 0 saturated heterocycles. The molecule has 0 radical (unpaired) electrons. The van der Waals surface area contributed by atoms with Crippen molar-refractivity contribution in [2.75, 3.05) is 11.3 Å². The van der Waals surface area contributed by atoms with Gasteiger partial charge in [0.25, 0.3) is 0 Å². The molecule has 1 aliphatic rings. The molecule has 0 N–H and O–H groups in total. The molecular formula is C22H18Cl2N2O2S. The highest BCUT2D eigenvalue weighted by Gasteiger charge is 2.30. The summed E-state index contributed by atoms with van der Waals surface area (Å²) in [6.45, 7) is 0. The van der Waals surface area contributed by atoms with Crippen LogP contribution < -0.4 is 5.01 Å². The predicted molar refractivity (Wildman–Crippen MR) is 119 cm³/mol. The zero-order valence-corrected chi connectivity index (χ0v) is 17.9. The fraction of sp³-hybridized carbons (Fsp3) is 0.136. The Labute approximate surface area is 180 Å². The van der Waals surface area contributed by atoms with Crippen molar-refractivity contribution in [3.8, 4) is 0 Å². The number of hydrazone groups is 1. The zero-order valence-electron chi connectivity index (χ0n) is 15.6. The molecule has 4 rings (SSSR count). The van der Waals surface area contributed by atoms with Crippen molar-refractivity contribution in [3.63, 3.8) is 0 Å². The van der Waals surface area contributed by atoms with E-state index in [0.29, 0.717) is 16.5 Å². The van der Waals surface area contributed by atoms with Gasteiger partial charge in [0, 0.05) is 22.7 Å². The van der Waals surface area contributed by atoms with Crippen LogP contribution in [0.5, 0.6) is 0 Å². The second-order valence-electron chi connectivity index (χ2n) is 6.94. The fourth-order valence-corrected chi connectivity index (χ4v) is 4.24. The summed E-state index contributed by atoms with van der Waals surface area (Å²) in [4.78, 5) is 0.283. The smallest absolute Gasteiger partial charge is 0.175 e. The molecule has 1 heterocycles. The number of rotatable bonds is 4. The van der Waals surface area contributed by atoms with E-state index in [1.54, 1.807) is 24.3 Å². The molecule has 0 bridgehead atoms. The summed E-state index contributed by atoms with van der Waals surface area (Å²) in [5, 5.41) is 8.14. The van der Waals surface area contributed by atoms with Crippen LogP contribution >= 0.6 is 23.2 Å². The van der Waals surface area contributed by atoms with Crippen LogP contribution in [0, 0.1) is 0 Å². The number of sulfone groups is 1. The van der Waals surface area contributed by atoms with E-state index in [1.165, 1.54) is 6.26 Å². The minimum atomic E-state index is -3.25. The van der Waals surface area contributed by atoms with Crippen molar-refractivity contribution in [3.05, 3.63) is 94.0 Å². The molecule has 7 heteroatoms. The highest BCUT2D eigenvalue weighted by atomic mass is 35.5. The van der Waals surface area contributed by atoms with Crippen LogP contribution in [0.25, 0.3) is 0 Å². The van der Waals surface area contributed by atoms with Crippen molar-refractivity contribution < 1.29 is 8.42 Å². The summed E-state index contributed by atoms with van der Waals surface area (Å²) in [5.41, 5.74) is 3.84. The van der Waals surface area contributed by atoms with Crippen molar-refractivity contribution in [2.45, 2.75) is 17.4 Å². The highest BCUT2D eigenvalue weighted by Crippen LogP contribution is 2.37. The van der Waals surface area contributed by atoms with Gasteiger partial charge in [-0.25, -0.2) is 8.42 Å². The lowest BCUT2D eigenvalue weighted by atomic mass is 9.98. The van der Waals surface area contributed by atoms with E-state index in [1.807, 2.05) is 53.5 Å². The molecule has 29 heavy (non-hydrogen) atoms. The summed E-state index contributed by atoms with van der Waals surface area (Å²) in [6, 6.07) is 22.1. The van der Waals surface area contributed by atoms with Crippen LogP contribution in [-0.2, 0) is 9.84 Å². The Morgan fingerprint density at radius 3 is 1.97 bits per heavy atom. The van der Waals surface area contributed by atoms with Crippen molar-refractivity contribution in [1.29, 1.82) is 0 Å². The molecule has 0 fully saturated rings. The Morgan fingerprint density at radius 2 is 1.41 bits per heavy atom. The lowest BCUT2D eigenvalue weighted by Gasteiger charge is -2.24. The first-order valence-electron chi connectivity index (χ1n) is 8.99. The molecule has 4 nitrogen and oxygen atoms in total. The van der Waals surface area contributed by atoms with Gasteiger partial charge in [-0.2, -0.15) is 5.10 Å². The lowest BCUT2D eigenvalue weighted by molar-refractivity contribution is 0.602. The zero-order chi connectivity index (χ0) is 20.6. The average Bonchev–Trinajstić information content (AvgIpc) is 3.14. The molecular weight excluding hydrogens is 427 g/mol. The average molecular weight is 445 g/mol. The van der Waals surface area contributed by atoms with Crippen LogP contribution in [0.3, 0.4) is 0 Å². The third-order valence-corrected chi connectivity index (χ3v) is 6.50. The molecule has 0 amide bonds. The normalized spacial score (nSPS) is 16.7. The summed E-state index contributed by atoms with van der Waals surface area (Å²) in [7, 11) is -3.25. The molecule has 0 saturated carbocycles. The molecule has 0 aromatic heterocycles. The monoisotopic (exact) mass is 444 g/mol. The first kappa shape index (κ1) is 20.0. The SMILES string of the molecule is CS(=O)(=O)c1ccc(N2N=C(c3ccc(Cl)cc3)CC2c2ccc(Cl)cc2)cc1. The lowest BCUT2D eigenvalue weighted by Crippen LogP contribution is -2.18. The maximum atomic E-state index is 11.8. The first-order chi connectivity index (χ1) is 13.8. The van der Waals surface area contributed by atoms with Crippen LogP contribution in [-0.4, -0.2) is 20.4 Å². The van der Waals surface area contributed by atoms with Crippen LogP contribution in [0.2, 0.25) is 10.0 Å². The first-order valence-corrected chi connectivity index (χ1v) is 11.6. The largest absolute Gasteiger partial charge is 0.257 e. The van der Waals surface area contributed by atoms with Gasteiger partial charge in [-0.15, -0.1) is 0 Å². The number of hydrogen-bond donors (Lipinski definition) is 0. The highest BCUT2D eigenvalue weighted by molar-refractivity contribution is 7.90. The Hall–Kier alpha value is -2.34. The van der Waals surface area contributed by atoms with Crippen LogP contribution in [0.1, 0.15) is 23.6 Å². The van der Waals surface area contributed by atoms with E-state index in [0.717, 1.165) is 22.5 Å². The molecule has 0 spiro atoms. The van der Waals surface area contributed by atoms with Gasteiger partial charge in [0.2, 0.25) is 0 Å². The summed E-state index contributed by atoms with van der Waals surface area (Å²) in [5.74, 6) is 0. The Balaban J connectivity index is 1.74. The molecule has 148 valence electrons. The van der Waals surface area contributed by atoms with Gasteiger partial charge < -0.3 is 0 Å². The van der Waals surface area contributed by atoms with E-state index in [4.69, 9.17) is 28.3 Å². The maximum Gasteiger partial charge on any atom is 0.175 e. The fourth-order valence-electron chi connectivity index (χ4n) is 3.36. The van der Waals surface area contributed by atoms with Crippen molar-refractivity contribution >= 4 is 44.4 Å². The third-order valence-electron chi connectivity index (χ3n) is 4.87. The second-order valence-corrected chi connectivity index (χ2v) is 9.82. The summed E-state index contributed by atoms with van der Waals surface area (Å²) in [6.07, 6.45) is 1.91. The summed E-state index contributed by atoms with van der Waals surface area (Å²) < 4.78 is 23.6. The minimum Gasteiger partial charge on any atom is -0.257 e. The minimum absolute atomic E-state index is 0.0259. The van der Waals surface area contributed by atoms with E-state index >= 15 is 0 Å². The molecule has 1 unspecified atom stereocenters. The van der Waals surface area contributed by atoms with Gasteiger partial charge in [-0.3, -0.25) is 5.01 Å². The number of nitrogens with zero attached hydrogens (tertiary/aromatic N) is 2. The van der Waals surface area contributed by atoms with E-state index in [2.05, 4.69) is 0 Å².